The van der Waals surface area contributed by atoms with Gasteiger partial charge in [-0.05, 0) is 62.2 Å². The van der Waals surface area contributed by atoms with Crippen LogP contribution in [0.5, 0.6) is 11.5 Å². The number of nitrogens with one attached hydrogen (secondary N) is 1. The number of carbonyl (C=O) groups excluding carboxylic acids is 2. The summed E-state index contributed by atoms with van der Waals surface area (Å²) in [6.45, 7) is 5.74. The van der Waals surface area contributed by atoms with Crippen molar-refractivity contribution in [1.29, 1.82) is 0 Å². The summed E-state index contributed by atoms with van der Waals surface area (Å²) >= 11 is 5.96. The first-order valence-electron chi connectivity index (χ1n) is 9.95. The van der Waals surface area contributed by atoms with Crippen molar-refractivity contribution in [3.8, 4) is 11.5 Å². The van der Waals surface area contributed by atoms with Crippen LogP contribution in [-0.4, -0.2) is 42.5 Å². The molecule has 0 radical (unpaired) electrons. The Morgan fingerprint density at radius 1 is 1.03 bits per heavy atom. The molecule has 2 amide bonds. The number of hydrogen-bond acceptors (Lipinski definition) is 4. The maximum atomic E-state index is 13.0. The number of nitrogens with zero attached hydrogens (tertiary/aromatic N) is 1. The highest BCUT2D eigenvalue weighted by atomic mass is 35.5. The molecule has 0 spiro atoms. The van der Waals surface area contributed by atoms with E-state index >= 15 is 0 Å². The Hall–Kier alpha value is -2.73. The molecule has 1 N–H and O–H groups in total. The SMILES string of the molecule is CCC(C)NC(=O)C(C)N(Cc1ccc(Cl)cc1)C(=O)COc1ccc(OC)cc1. The van der Waals surface area contributed by atoms with Gasteiger partial charge in [-0.25, -0.2) is 0 Å². The molecule has 2 aromatic carbocycles. The van der Waals surface area contributed by atoms with E-state index < -0.39 is 6.04 Å². The van der Waals surface area contributed by atoms with Crippen molar-refractivity contribution in [2.45, 2.75) is 45.8 Å². The normalized spacial score (nSPS) is 12.6. The van der Waals surface area contributed by atoms with Crippen molar-refractivity contribution in [2.24, 2.45) is 0 Å². The average Bonchev–Trinajstić information content (AvgIpc) is 2.76. The number of rotatable bonds is 10. The summed E-state index contributed by atoms with van der Waals surface area (Å²) in [7, 11) is 1.58. The highest BCUT2D eigenvalue weighted by Gasteiger charge is 2.27. The average molecular weight is 433 g/mol. The van der Waals surface area contributed by atoms with E-state index in [-0.39, 0.29) is 31.0 Å². The molecule has 6 nitrogen and oxygen atoms in total. The van der Waals surface area contributed by atoms with E-state index in [9.17, 15) is 9.59 Å². The molecule has 0 bridgehead atoms. The Balaban J connectivity index is 2.12. The molecule has 2 atom stereocenters. The minimum Gasteiger partial charge on any atom is -0.497 e. The third-order valence-corrected chi connectivity index (χ3v) is 5.11. The van der Waals surface area contributed by atoms with Gasteiger partial charge in [0.15, 0.2) is 6.61 Å². The number of halogens is 1. The molecule has 0 aromatic heterocycles. The molecule has 2 unspecified atom stereocenters. The van der Waals surface area contributed by atoms with Gasteiger partial charge in [0.2, 0.25) is 5.91 Å². The summed E-state index contributed by atoms with van der Waals surface area (Å²) in [6.07, 6.45) is 0.810. The van der Waals surface area contributed by atoms with E-state index in [0.717, 1.165) is 12.0 Å². The number of methoxy groups -OCH3 is 1. The lowest BCUT2D eigenvalue weighted by Crippen LogP contribution is -2.50. The predicted molar refractivity (Wildman–Crippen MR) is 118 cm³/mol. The summed E-state index contributed by atoms with van der Waals surface area (Å²) in [4.78, 5) is 27.2. The first kappa shape index (κ1) is 23.5. The van der Waals surface area contributed by atoms with Crippen LogP contribution >= 0.6 is 11.6 Å². The van der Waals surface area contributed by atoms with Crippen molar-refractivity contribution in [1.82, 2.24) is 10.2 Å². The maximum Gasteiger partial charge on any atom is 0.261 e. The Labute approximate surface area is 183 Å². The van der Waals surface area contributed by atoms with Gasteiger partial charge in [0, 0.05) is 17.6 Å². The smallest absolute Gasteiger partial charge is 0.261 e. The van der Waals surface area contributed by atoms with E-state index in [2.05, 4.69) is 5.32 Å². The fourth-order valence-electron chi connectivity index (χ4n) is 2.73. The van der Waals surface area contributed by atoms with Crippen molar-refractivity contribution in [3.05, 3.63) is 59.1 Å². The van der Waals surface area contributed by atoms with Crippen molar-refractivity contribution < 1.29 is 19.1 Å². The Kier molecular flexibility index (Phi) is 8.99. The molecular formula is C23H29ClN2O4. The molecule has 0 fully saturated rings. The van der Waals surface area contributed by atoms with Gasteiger partial charge in [-0.3, -0.25) is 9.59 Å². The highest BCUT2D eigenvalue weighted by Crippen LogP contribution is 2.18. The number of ether oxygens (including phenoxy) is 2. The quantitative estimate of drug-likeness (QED) is 0.614. The van der Waals surface area contributed by atoms with Crippen molar-refractivity contribution >= 4 is 23.4 Å². The zero-order valence-electron chi connectivity index (χ0n) is 17.9. The number of carbonyl (C=O) groups is 2. The lowest BCUT2D eigenvalue weighted by molar-refractivity contribution is -0.142. The highest BCUT2D eigenvalue weighted by molar-refractivity contribution is 6.30. The molecule has 162 valence electrons. The van der Waals surface area contributed by atoms with E-state index in [1.54, 1.807) is 50.4 Å². The van der Waals surface area contributed by atoms with Crippen LogP contribution in [-0.2, 0) is 16.1 Å². The molecule has 0 saturated carbocycles. The third kappa shape index (κ3) is 6.95. The Morgan fingerprint density at radius 2 is 1.63 bits per heavy atom. The summed E-state index contributed by atoms with van der Waals surface area (Å²) in [5.74, 6) is 0.768. The molecule has 0 aliphatic rings. The largest absolute Gasteiger partial charge is 0.497 e. The number of hydrogen-bond donors (Lipinski definition) is 1. The minimum absolute atomic E-state index is 0.0305. The number of amides is 2. The second-order valence-electron chi connectivity index (χ2n) is 7.11. The molecule has 30 heavy (non-hydrogen) atoms. The first-order chi connectivity index (χ1) is 14.3. The Bertz CT molecular complexity index is 824. The van der Waals surface area contributed by atoms with Gasteiger partial charge in [-0.15, -0.1) is 0 Å². The van der Waals surface area contributed by atoms with E-state index in [1.807, 2.05) is 26.0 Å². The molecule has 0 aliphatic heterocycles. The summed E-state index contributed by atoms with van der Waals surface area (Å²) in [5, 5.41) is 3.55. The molecule has 0 heterocycles. The molecule has 2 aromatic rings. The number of benzene rings is 2. The fourth-order valence-corrected chi connectivity index (χ4v) is 2.86. The minimum atomic E-state index is -0.651. The molecule has 0 saturated heterocycles. The molecule has 7 heteroatoms. The lowest BCUT2D eigenvalue weighted by atomic mass is 10.1. The maximum absolute atomic E-state index is 13.0. The van der Waals surface area contributed by atoms with Crippen LogP contribution < -0.4 is 14.8 Å². The molecule has 2 rings (SSSR count). The second kappa shape index (κ2) is 11.5. The van der Waals surface area contributed by atoms with Gasteiger partial charge in [0.25, 0.3) is 5.91 Å². The standard InChI is InChI=1S/C23H29ClN2O4/c1-5-16(2)25-23(28)17(3)26(14-18-6-8-19(24)9-7-18)22(27)15-30-21-12-10-20(29-4)11-13-21/h6-13,16-17H,5,14-15H2,1-4H3,(H,25,28). The van der Waals surface area contributed by atoms with Gasteiger partial charge in [-0.2, -0.15) is 0 Å². The van der Waals surface area contributed by atoms with Gasteiger partial charge in [0.1, 0.15) is 17.5 Å². The predicted octanol–water partition coefficient (Wildman–Crippen LogP) is 4.06. The summed E-state index contributed by atoms with van der Waals surface area (Å²) in [6, 6.07) is 13.6. The van der Waals surface area contributed by atoms with Crippen LogP contribution in [0.2, 0.25) is 5.02 Å². The van der Waals surface area contributed by atoms with Gasteiger partial charge >= 0.3 is 0 Å². The topological polar surface area (TPSA) is 67.9 Å². The van der Waals surface area contributed by atoms with Crippen LogP contribution in [0.1, 0.15) is 32.8 Å². The van der Waals surface area contributed by atoms with E-state index in [1.165, 1.54) is 4.90 Å². The zero-order chi connectivity index (χ0) is 22.1. The summed E-state index contributed by atoms with van der Waals surface area (Å²) in [5.41, 5.74) is 0.875. The van der Waals surface area contributed by atoms with E-state index in [0.29, 0.717) is 16.5 Å². The van der Waals surface area contributed by atoms with Crippen LogP contribution in [0.15, 0.2) is 48.5 Å². The molecule has 0 aliphatic carbocycles. The second-order valence-corrected chi connectivity index (χ2v) is 7.54. The zero-order valence-corrected chi connectivity index (χ0v) is 18.6. The van der Waals surface area contributed by atoms with Gasteiger partial charge in [-0.1, -0.05) is 30.7 Å². The third-order valence-electron chi connectivity index (χ3n) is 4.86. The van der Waals surface area contributed by atoms with Crippen molar-refractivity contribution in [2.75, 3.05) is 13.7 Å². The van der Waals surface area contributed by atoms with Crippen LogP contribution in [0.25, 0.3) is 0 Å². The lowest BCUT2D eigenvalue weighted by Gasteiger charge is -2.29. The first-order valence-corrected chi connectivity index (χ1v) is 10.3. The van der Waals surface area contributed by atoms with Crippen LogP contribution in [0.4, 0.5) is 0 Å². The molecular weight excluding hydrogens is 404 g/mol. The summed E-state index contributed by atoms with van der Waals surface area (Å²) < 4.78 is 10.8. The monoisotopic (exact) mass is 432 g/mol. The van der Waals surface area contributed by atoms with Crippen molar-refractivity contribution in [3.63, 3.8) is 0 Å². The van der Waals surface area contributed by atoms with Crippen LogP contribution in [0.3, 0.4) is 0 Å². The van der Waals surface area contributed by atoms with Gasteiger partial charge in [0.05, 0.1) is 7.11 Å². The van der Waals surface area contributed by atoms with Gasteiger partial charge < -0.3 is 19.7 Å². The van der Waals surface area contributed by atoms with Crippen LogP contribution in [0, 0.1) is 0 Å². The fraction of sp³-hybridized carbons (Fsp3) is 0.391. The Morgan fingerprint density at radius 3 is 2.20 bits per heavy atom. The van der Waals surface area contributed by atoms with E-state index in [4.69, 9.17) is 21.1 Å².